The smallest absolute Gasteiger partial charge is 0.339 e. The maximum atomic E-state index is 12.2. The van der Waals surface area contributed by atoms with E-state index < -0.39 is 22.9 Å². The summed E-state index contributed by atoms with van der Waals surface area (Å²) in [6.45, 7) is 4.98. The van der Waals surface area contributed by atoms with Gasteiger partial charge in [0.05, 0.1) is 27.6 Å². The average molecular weight is 346 g/mol. The molecule has 1 aromatic heterocycles. The summed E-state index contributed by atoms with van der Waals surface area (Å²) in [4.78, 5) is 34.5. The van der Waals surface area contributed by atoms with Crippen LogP contribution in [0.5, 0.6) is 0 Å². The van der Waals surface area contributed by atoms with Crippen LogP contribution in [0.1, 0.15) is 28.7 Å². The molecular formula is C16H18N4O5. The number of nitro groups is 1. The highest BCUT2D eigenvalue weighted by Gasteiger charge is 2.22. The Balaban J connectivity index is 2.07. The lowest BCUT2D eigenvalue weighted by Gasteiger charge is -2.13. The van der Waals surface area contributed by atoms with Crippen molar-refractivity contribution in [3.8, 4) is 0 Å². The van der Waals surface area contributed by atoms with Crippen LogP contribution in [0, 0.1) is 24.0 Å². The van der Waals surface area contributed by atoms with Gasteiger partial charge in [-0.05, 0) is 26.8 Å². The molecule has 132 valence electrons. The fourth-order valence-electron chi connectivity index (χ4n) is 2.21. The van der Waals surface area contributed by atoms with E-state index >= 15 is 0 Å². The van der Waals surface area contributed by atoms with Crippen molar-refractivity contribution in [3.05, 3.63) is 51.3 Å². The quantitative estimate of drug-likeness (QED) is 0.503. The molecule has 0 saturated heterocycles. The first-order chi connectivity index (χ1) is 11.7. The first-order valence-corrected chi connectivity index (χ1v) is 7.47. The SMILES string of the molecule is Cc1nn(C)c(C)c1NC(=O)[C@@H](C)OC(=O)c1cccc([N+](=O)[O-])c1. The van der Waals surface area contributed by atoms with E-state index in [1.165, 1.54) is 25.1 Å². The number of hydrogen-bond acceptors (Lipinski definition) is 6. The van der Waals surface area contributed by atoms with Crippen LogP contribution >= 0.6 is 0 Å². The van der Waals surface area contributed by atoms with E-state index in [1.54, 1.807) is 25.6 Å². The summed E-state index contributed by atoms with van der Waals surface area (Å²) in [5, 5.41) is 17.6. The number of benzene rings is 1. The minimum absolute atomic E-state index is 0.00240. The van der Waals surface area contributed by atoms with Crippen molar-refractivity contribution in [1.82, 2.24) is 9.78 Å². The Morgan fingerprint density at radius 3 is 2.60 bits per heavy atom. The predicted octanol–water partition coefficient (Wildman–Crippen LogP) is 2.13. The third kappa shape index (κ3) is 4.00. The molecule has 0 aliphatic rings. The number of carbonyl (C=O) groups excluding carboxylic acids is 2. The number of rotatable bonds is 5. The molecule has 1 heterocycles. The number of nitro benzene ring substituents is 1. The van der Waals surface area contributed by atoms with E-state index in [0.717, 1.165) is 11.8 Å². The highest BCUT2D eigenvalue weighted by molar-refractivity contribution is 5.98. The van der Waals surface area contributed by atoms with E-state index in [1.807, 2.05) is 0 Å². The van der Waals surface area contributed by atoms with Crippen LogP contribution in [-0.4, -0.2) is 32.7 Å². The number of esters is 1. The van der Waals surface area contributed by atoms with Crippen molar-refractivity contribution in [2.45, 2.75) is 26.9 Å². The van der Waals surface area contributed by atoms with Crippen molar-refractivity contribution in [2.24, 2.45) is 7.05 Å². The first-order valence-electron chi connectivity index (χ1n) is 7.47. The minimum Gasteiger partial charge on any atom is -0.449 e. The Bertz CT molecular complexity index is 843. The second kappa shape index (κ2) is 7.12. The Kier molecular flexibility index (Phi) is 5.16. The third-order valence-corrected chi connectivity index (χ3v) is 3.70. The number of aryl methyl sites for hydroxylation is 2. The molecule has 0 aliphatic heterocycles. The molecular weight excluding hydrogens is 328 g/mol. The van der Waals surface area contributed by atoms with Gasteiger partial charge in [0.1, 0.15) is 0 Å². The largest absolute Gasteiger partial charge is 0.449 e. The van der Waals surface area contributed by atoms with E-state index in [0.29, 0.717) is 11.4 Å². The summed E-state index contributed by atoms with van der Waals surface area (Å²) in [5.41, 5.74) is 1.75. The highest BCUT2D eigenvalue weighted by Crippen LogP contribution is 2.19. The van der Waals surface area contributed by atoms with Gasteiger partial charge in [-0.3, -0.25) is 19.6 Å². The van der Waals surface area contributed by atoms with Crippen LogP contribution in [0.3, 0.4) is 0 Å². The normalized spacial score (nSPS) is 11.7. The van der Waals surface area contributed by atoms with Gasteiger partial charge in [0.25, 0.3) is 11.6 Å². The Hall–Kier alpha value is -3.23. The Labute approximate surface area is 143 Å². The van der Waals surface area contributed by atoms with Crippen LogP contribution in [0.2, 0.25) is 0 Å². The Morgan fingerprint density at radius 1 is 1.36 bits per heavy atom. The molecule has 0 aliphatic carbocycles. The first kappa shape index (κ1) is 18.1. The second-order valence-corrected chi connectivity index (χ2v) is 5.51. The fourth-order valence-corrected chi connectivity index (χ4v) is 2.21. The zero-order chi connectivity index (χ0) is 18.7. The number of carbonyl (C=O) groups is 2. The molecule has 9 nitrogen and oxygen atoms in total. The maximum absolute atomic E-state index is 12.2. The number of aromatic nitrogens is 2. The van der Waals surface area contributed by atoms with Gasteiger partial charge in [0.2, 0.25) is 0 Å². The molecule has 0 fully saturated rings. The van der Waals surface area contributed by atoms with E-state index in [9.17, 15) is 19.7 Å². The van der Waals surface area contributed by atoms with Crippen molar-refractivity contribution < 1.29 is 19.2 Å². The summed E-state index contributed by atoms with van der Waals surface area (Å²) < 4.78 is 6.72. The van der Waals surface area contributed by atoms with Crippen LogP contribution < -0.4 is 5.32 Å². The third-order valence-electron chi connectivity index (χ3n) is 3.70. The predicted molar refractivity (Wildman–Crippen MR) is 89.3 cm³/mol. The minimum atomic E-state index is -1.08. The van der Waals surface area contributed by atoms with Gasteiger partial charge < -0.3 is 10.1 Å². The van der Waals surface area contributed by atoms with Crippen molar-refractivity contribution in [2.75, 3.05) is 5.32 Å². The molecule has 0 radical (unpaired) electrons. The summed E-state index contributed by atoms with van der Waals surface area (Å²) in [7, 11) is 1.75. The molecule has 9 heteroatoms. The Morgan fingerprint density at radius 2 is 2.04 bits per heavy atom. The maximum Gasteiger partial charge on any atom is 0.339 e. The number of anilines is 1. The van der Waals surface area contributed by atoms with Crippen molar-refractivity contribution in [3.63, 3.8) is 0 Å². The molecule has 1 aromatic carbocycles. The fraction of sp³-hybridized carbons (Fsp3) is 0.312. The van der Waals surface area contributed by atoms with E-state index in [4.69, 9.17) is 4.74 Å². The summed E-state index contributed by atoms with van der Waals surface area (Å²) in [5.74, 6) is -1.33. The zero-order valence-electron chi connectivity index (χ0n) is 14.3. The van der Waals surface area contributed by atoms with E-state index in [2.05, 4.69) is 10.4 Å². The molecule has 1 N–H and O–H groups in total. The van der Waals surface area contributed by atoms with Gasteiger partial charge in [-0.25, -0.2) is 4.79 Å². The summed E-state index contributed by atoms with van der Waals surface area (Å²) in [6.07, 6.45) is -1.08. The van der Waals surface area contributed by atoms with Crippen LogP contribution in [0.25, 0.3) is 0 Å². The lowest BCUT2D eigenvalue weighted by molar-refractivity contribution is -0.384. The van der Waals surface area contributed by atoms with Crippen LogP contribution in [-0.2, 0) is 16.6 Å². The molecule has 0 saturated carbocycles. The van der Waals surface area contributed by atoms with Gasteiger partial charge in [-0.1, -0.05) is 6.07 Å². The zero-order valence-corrected chi connectivity index (χ0v) is 14.3. The van der Waals surface area contributed by atoms with Crippen molar-refractivity contribution in [1.29, 1.82) is 0 Å². The molecule has 25 heavy (non-hydrogen) atoms. The lowest BCUT2D eigenvalue weighted by Crippen LogP contribution is -2.30. The number of nitrogens with zero attached hydrogens (tertiary/aromatic N) is 3. The molecule has 0 bridgehead atoms. The van der Waals surface area contributed by atoms with Gasteiger partial charge in [-0.15, -0.1) is 0 Å². The van der Waals surface area contributed by atoms with Crippen LogP contribution in [0.4, 0.5) is 11.4 Å². The highest BCUT2D eigenvalue weighted by atomic mass is 16.6. The molecule has 0 unspecified atom stereocenters. The van der Waals surface area contributed by atoms with Gasteiger partial charge in [-0.2, -0.15) is 5.10 Å². The molecule has 2 rings (SSSR count). The number of ether oxygens (including phenoxy) is 1. The van der Waals surface area contributed by atoms with Crippen molar-refractivity contribution >= 4 is 23.3 Å². The topological polar surface area (TPSA) is 116 Å². The van der Waals surface area contributed by atoms with E-state index in [-0.39, 0.29) is 11.3 Å². The number of amides is 1. The average Bonchev–Trinajstić information content (AvgIpc) is 2.81. The van der Waals surface area contributed by atoms with Gasteiger partial charge in [0, 0.05) is 19.2 Å². The number of nitrogens with one attached hydrogen (secondary N) is 1. The monoisotopic (exact) mass is 346 g/mol. The van der Waals surface area contributed by atoms with Gasteiger partial charge >= 0.3 is 5.97 Å². The lowest BCUT2D eigenvalue weighted by atomic mass is 10.2. The summed E-state index contributed by atoms with van der Waals surface area (Å²) in [6, 6.07) is 5.13. The molecule has 0 spiro atoms. The number of hydrogen-bond donors (Lipinski definition) is 1. The van der Waals surface area contributed by atoms with Gasteiger partial charge in [0.15, 0.2) is 6.10 Å². The van der Waals surface area contributed by atoms with Crippen LogP contribution in [0.15, 0.2) is 24.3 Å². The molecule has 1 atom stereocenters. The second-order valence-electron chi connectivity index (χ2n) is 5.51. The summed E-state index contributed by atoms with van der Waals surface area (Å²) >= 11 is 0. The molecule has 1 amide bonds. The molecule has 2 aromatic rings. The number of non-ortho nitro benzene ring substituents is 1. The standard InChI is InChI=1S/C16H18N4O5/c1-9-14(10(2)19(4)18-9)17-15(21)11(3)25-16(22)12-6-5-7-13(8-12)20(23)24/h5-8,11H,1-4H3,(H,17,21)/t11-/m1/s1.